The van der Waals surface area contributed by atoms with E-state index in [1.807, 2.05) is 7.05 Å². The number of nitrogens with zero attached hydrogens (tertiary/aromatic N) is 4. The third-order valence-electron chi connectivity index (χ3n) is 4.99. The predicted molar refractivity (Wildman–Crippen MR) is 96.5 cm³/mol. The predicted octanol–water partition coefficient (Wildman–Crippen LogP) is 4.29. The second kappa shape index (κ2) is 5.58. The molecule has 1 aliphatic rings. The maximum absolute atomic E-state index is 9.59. The molecule has 0 fully saturated rings. The molecule has 0 saturated carbocycles. The van der Waals surface area contributed by atoms with Crippen LogP contribution in [-0.4, -0.2) is 13.2 Å². The minimum atomic E-state index is 0.0300. The molecule has 4 heteroatoms. The lowest BCUT2D eigenvalue weighted by Crippen LogP contribution is -2.36. The van der Waals surface area contributed by atoms with Crippen molar-refractivity contribution in [3.05, 3.63) is 52.1 Å². The van der Waals surface area contributed by atoms with Crippen molar-refractivity contribution >= 4 is 17.1 Å². The van der Waals surface area contributed by atoms with Crippen molar-refractivity contribution < 1.29 is 0 Å². The molecule has 0 aromatic heterocycles. The SMILES string of the molecule is Cc1cc(C)c(N2c3c(C#N)ccc(C#N)c3N(C)[C@@H]2C)cc1C. The number of fused-ring (bicyclic) bond motifs is 1. The lowest BCUT2D eigenvalue weighted by Gasteiger charge is -2.29. The van der Waals surface area contributed by atoms with Gasteiger partial charge in [-0.2, -0.15) is 10.5 Å². The fourth-order valence-corrected chi connectivity index (χ4v) is 3.43. The van der Waals surface area contributed by atoms with E-state index in [1.165, 1.54) is 11.1 Å². The Labute approximate surface area is 143 Å². The molecular formula is C20H20N4. The fraction of sp³-hybridized carbons (Fsp3) is 0.300. The molecule has 0 amide bonds. The summed E-state index contributed by atoms with van der Waals surface area (Å²) in [6.45, 7) is 8.39. The number of aryl methyl sites for hydroxylation is 3. The van der Waals surface area contributed by atoms with Crippen molar-refractivity contribution in [3.63, 3.8) is 0 Å². The second-order valence-electron chi connectivity index (χ2n) is 6.42. The molecule has 4 nitrogen and oxygen atoms in total. The van der Waals surface area contributed by atoms with E-state index in [9.17, 15) is 10.5 Å². The standard InChI is InChI=1S/C20H20N4/c1-12-8-14(3)18(9-13(12)2)24-15(4)23(5)19-16(10-21)6-7-17(11-22)20(19)24/h6-9,15H,1-5H3/t15-/m0/s1. The average Bonchev–Trinajstić information content (AvgIpc) is 2.82. The van der Waals surface area contributed by atoms with Gasteiger partial charge < -0.3 is 9.80 Å². The maximum Gasteiger partial charge on any atom is 0.103 e. The minimum Gasteiger partial charge on any atom is -0.351 e. The minimum absolute atomic E-state index is 0.0300. The fourth-order valence-electron chi connectivity index (χ4n) is 3.43. The van der Waals surface area contributed by atoms with Crippen LogP contribution in [0.15, 0.2) is 24.3 Å². The molecule has 1 atom stereocenters. The van der Waals surface area contributed by atoms with Crippen molar-refractivity contribution in [3.8, 4) is 12.1 Å². The molecule has 120 valence electrons. The van der Waals surface area contributed by atoms with E-state index in [0.717, 1.165) is 22.6 Å². The van der Waals surface area contributed by atoms with Gasteiger partial charge in [-0.1, -0.05) is 6.07 Å². The number of nitriles is 2. The molecule has 0 bridgehead atoms. The zero-order valence-corrected chi connectivity index (χ0v) is 14.7. The Bertz CT molecular complexity index is 915. The van der Waals surface area contributed by atoms with Crippen LogP contribution in [0.1, 0.15) is 34.7 Å². The van der Waals surface area contributed by atoms with Crippen LogP contribution in [0.25, 0.3) is 0 Å². The molecule has 1 heterocycles. The number of anilines is 3. The van der Waals surface area contributed by atoms with Gasteiger partial charge in [0.15, 0.2) is 0 Å². The number of hydrogen-bond acceptors (Lipinski definition) is 4. The van der Waals surface area contributed by atoms with Gasteiger partial charge >= 0.3 is 0 Å². The van der Waals surface area contributed by atoms with E-state index in [-0.39, 0.29) is 6.17 Å². The van der Waals surface area contributed by atoms with Crippen molar-refractivity contribution in [2.24, 2.45) is 0 Å². The number of benzene rings is 2. The van der Waals surface area contributed by atoms with E-state index < -0.39 is 0 Å². The molecule has 0 aliphatic carbocycles. The molecule has 0 N–H and O–H groups in total. The summed E-state index contributed by atoms with van der Waals surface area (Å²) in [5, 5.41) is 19.1. The van der Waals surface area contributed by atoms with Gasteiger partial charge in [0.25, 0.3) is 0 Å². The van der Waals surface area contributed by atoms with E-state index in [2.05, 4.69) is 61.8 Å². The summed E-state index contributed by atoms with van der Waals surface area (Å²) in [6, 6.07) is 12.4. The Morgan fingerprint density at radius 2 is 1.42 bits per heavy atom. The van der Waals surface area contributed by atoms with Gasteiger partial charge in [0.2, 0.25) is 0 Å². The summed E-state index contributed by atoms with van der Waals surface area (Å²) in [4.78, 5) is 4.25. The molecule has 2 aromatic carbocycles. The monoisotopic (exact) mass is 316 g/mol. The van der Waals surface area contributed by atoms with Crippen LogP contribution in [0.5, 0.6) is 0 Å². The van der Waals surface area contributed by atoms with Crippen molar-refractivity contribution in [2.45, 2.75) is 33.9 Å². The largest absolute Gasteiger partial charge is 0.351 e. The Hall–Kier alpha value is -2.98. The highest BCUT2D eigenvalue weighted by Gasteiger charge is 2.36. The van der Waals surface area contributed by atoms with Gasteiger partial charge in [0, 0.05) is 12.7 Å². The Morgan fingerprint density at radius 3 is 2.00 bits per heavy atom. The first-order chi connectivity index (χ1) is 11.4. The average molecular weight is 316 g/mol. The van der Waals surface area contributed by atoms with Gasteiger partial charge in [-0.15, -0.1) is 0 Å². The maximum atomic E-state index is 9.59. The molecule has 0 saturated heterocycles. The third kappa shape index (κ3) is 2.12. The summed E-state index contributed by atoms with van der Waals surface area (Å²) in [6.07, 6.45) is 0.0300. The zero-order chi connectivity index (χ0) is 17.6. The zero-order valence-electron chi connectivity index (χ0n) is 14.7. The molecule has 0 spiro atoms. The third-order valence-corrected chi connectivity index (χ3v) is 4.99. The Morgan fingerprint density at radius 1 is 0.875 bits per heavy atom. The Balaban J connectivity index is 2.33. The summed E-state index contributed by atoms with van der Waals surface area (Å²) >= 11 is 0. The highest BCUT2D eigenvalue weighted by atomic mass is 15.4. The molecular weight excluding hydrogens is 296 g/mol. The smallest absolute Gasteiger partial charge is 0.103 e. The van der Waals surface area contributed by atoms with Crippen molar-refractivity contribution in [2.75, 3.05) is 16.8 Å². The first-order valence-electron chi connectivity index (χ1n) is 7.97. The number of rotatable bonds is 1. The van der Waals surface area contributed by atoms with Crippen LogP contribution in [0.4, 0.5) is 17.1 Å². The molecule has 2 aromatic rings. The van der Waals surface area contributed by atoms with E-state index in [4.69, 9.17) is 0 Å². The van der Waals surface area contributed by atoms with E-state index in [1.54, 1.807) is 12.1 Å². The highest BCUT2D eigenvalue weighted by Crippen LogP contribution is 2.48. The van der Waals surface area contributed by atoms with Gasteiger partial charge in [-0.05, 0) is 62.6 Å². The summed E-state index contributed by atoms with van der Waals surface area (Å²) in [5.74, 6) is 0. The van der Waals surface area contributed by atoms with Gasteiger partial charge in [0.05, 0.1) is 22.5 Å². The van der Waals surface area contributed by atoms with E-state index in [0.29, 0.717) is 11.1 Å². The normalized spacial score (nSPS) is 15.9. The first-order valence-corrected chi connectivity index (χ1v) is 7.97. The van der Waals surface area contributed by atoms with Crippen LogP contribution < -0.4 is 9.80 Å². The quantitative estimate of drug-likeness (QED) is 0.787. The van der Waals surface area contributed by atoms with Crippen LogP contribution in [-0.2, 0) is 0 Å². The molecule has 3 rings (SSSR count). The topological polar surface area (TPSA) is 54.1 Å². The van der Waals surface area contributed by atoms with E-state index >= 15 is 0 Å². The van der Waals surface area contributed by atoms with Gasteiger partial charge in [-0.25, -0.2) is 0 Å². The van der Waals surface area contributed by atoms with Gasteiger partial charge in [-0.3, -0.25) is 0 Å². The van der Waals surface area contributed by atoms with Crippen LogP contribution in [0, 0.1) is 43.4 Å². The first kappa shape index (κ1) is 15.9. The lowest BCUT2D eigenvalue weighted by atomic mass is 10.0. The molecule has 1 aliphatic heterocycles. The molecule has 24 heavy (non-hydrogen) atoms. The lowest BCUT2D eigenvalue weighted by molar-refractivity contribution is 0.731. The number of hydrogen-bond donors (Lipinski definition) is 0. The Kier molecular flexibility index (Phi) is 3.70. The van der Waals surface area contributed by atoms with Crippen LogP contribution in [0.3, 0.4) is 0 Å². The molecule has 0 radical (unpaired) electrons. The van der Waals surface area contributed by atoms with Crippen LogP contribution >= 0.6 is 0 Å². The highest BCUT2D eigenvalue weighted by molar-refractivity contribution is 5.91. The summed E-state index contributed by atoms with van der Waals surface area (Å²) < 4.78 is 0. The summed E-state index contributed by atoms with van der Waals surface area (Å²) in [5.41, 5.74) is 7.58. The second-order valence-corrected chi connectivity index (χ2v) is 6.42. The van der Waals surface area contributed by atoms with Gasteiger partial charge in [0.1, 0.15) is 18.3 Å². The molecule has 0 unspecified atom stereocenters. The van der Waals surface area contributed by atoms with Crippen LogP contribution in [0.2, 0.25) is 0 Å². The van der Waals surface area contributed by atoms with Crippen molar-refractivity contribution in [1.82, 2.24) is 0 Å². The van der Waals surface area contributed by atoms with Crippen molar-refractivity contribution in [1.29, 1.82) is 10.5 Å². The summed E-state index contributed by atoms with van der Waals surface area (Å²) in [7, 11) is 1.97.